The van der Waals surface area contributed by atoms with Crippen molar-refractivity contribution in [3.05, 3.63) is 41.7 Å². The number of halogens is 1. The zero-order valence-electron chi connectivity index (χ0n) is 11.3. The second kappa shape index (κ2) is 7.69. The summed E-state index contributed by atoms with van der Waals surface area (Å²) in [7, 11) is 0. The lowest BCUT2D eigenvalue weighted by atomic mass is 10.0. The fourth-order valence-corrected chi connectivity index (χ4v) is 1.72. The van der Waals surface area contributed by atoms with E-state index < -0.39 is 0 Å². The lowest BCUT2D eigenvalue weighted by Gasteiger charge is -2.20. The second-order valence-electron chi connectivity index (χ2n) is 4.76. The Labute approximate surface area is 113 Å². The molecule has 4 heteroatoms. The molecule has 19 heavy (non-hydrogen) atoms. The molecule has 1 aromatic rings. The Morgan fingerprint density at radius 2 is 2.21 bits per heavy atom. The van der Waals surface area contributed by atoms with E-state index in [-0.39, 0.29) is 30.3 Å². The Morgan fingerprint density at radius 3 is 2.79 bits per heavy atom. The smallest absolute Gasteiger partial charge is 0.244 e. The maximum absolute atomic E-state index is 12.9. The molecule has 1 amide bonds. The molecule has 0 saturated heterocycles. The van der Waals surface area contributed by atoms with Gasteiger partial charge in [0, 0.05) is 18.7 Å². The van der Waals surface area contributed by atoms with Crippen LogP contribution in [0.3, 0.4) is 0 Å². The molecule has 2 N–H and O–H groups in total. The number of hydrogen-bond acceptors (Lipinski definition) is 2. The first-order chi connectivity index (χ1) is 9.02. The van der Waals surface area contributed by atoms with Gasteiger partial charge in [0.2, 0.25) is 5.91 Å². The van der Waals surface area contributed by atoms with Gasteiger partial charge in [-0.1, -0.05) is 26.0 Å². The summed E-state index contributed by atoms with van der Waals surface area (Å²) in [6.45, 7) is 4.00. The average Bonchev–Trinajstić information content (AvgIpc) is 2.36. The van der Waals surface area contributed by atoms with E-state index in [1.165, 1.54) is 18.2 Å². The first-order valence-electron chi connectivity index (χ1n) is 6.38. The molecule has 0 aromatic heterocycles. The van der Waals surface area contributed by atoms with E-state index in [9.17, 15) is 9.18 Å². The predicted molar refractivity (Wildman–Crippen MR) is 73.9 cm³/mol. The highest BCUT2D eigenvalue weighted by molar-refractivity contribution is 5.91. The van der Waals surface area contributed by atoms with Crippen molar-refractivity contribution in [1.82, 2.24) is 5.32 Å². The fraction of sp³-hybridized carbons (Fsp3) is 0.400. The number of hydrogen-bond donors (Lipinski definition) is 2. The van der Waals surface area contributed by atoms with Crippen molar-refractivity contribution >= 4 is 12.0 Å². The van der Waals surface area contributed by atoms with Crippen LogP contribution in [-0.4, -0.2) is 23.7 Å². The summed E-state index contributed by atoms with van der Waals surface area (Å²) in [5, 5.41) is 11.7. The number of carbonyl (C=O) groups excluding carboxylic acids is 1. The molecule has 0 saturated carbocycles. The highest BCUT2D eigenvalue weighted by Gasteiger charge is 2.13. The van der Waals surface area contributed by atoms with E-state index in [0.29, 0.717) is 12.0 Å². The van der Waals surface area contributed by atoms with Gasteiger partial charge in [-0.25, -0.2) is 4.39 Å². The Morgan fingerprint density at radius 1 is 1.47 bits per heavy atom. The summed E-state index contributed by atoms with van der Waals surface area (Å²) >= 11 is 0. The lowest BCUT2D eigenvalue weighted by molar-refractivity contribution is -0.117. The fourth-order valence-electron chi connectivity index (χ4n) is 1.72. The molecule has 104 valence electrons. The summed E-state index contributed by atoms with van der Waals surface area (Å²) in [4.78, 5) is 11.7. The van der Waals surface area contributed by atoms with Gasteiger partial charge in [-0.05, 0) is 36.1 Å². The van der Waals surface area contributed by atoms with Gasteiger partial charge in [0.15, 0.2) is 0 Å². The molecule has 1 aromatic carbocycles. The Balaban J connectivity index is 2.59. The van der Waals surface area contributed by atoms with Gasteiger partial charge in [-0.3, -0.25) is 4.79 Å². The normalized spacial score (nSPS) is 12.9. The van der Waals surface area contributed by atoms with Crippen LogP contribution in [0, 0.1) is 11.7 Å². The van der Waals surface area contributed by atoms with Crippen LogP contribution >= 0.6 is 0 Å². The summed E-state index contributed by atoms with van der Waals surface area (Å²) in [5.41, 5.74) is 0.637. The highest BCUT2D eigenvalue weighted by Crippen LogP contribution is 2.07. The Hall–Kier alpha value is -1.68. The van der Waals surface area contributed by atoms with Crippen LogP contribution in [0.1, 0.15) is 25.8 Å². The monoisotopic (exact) mass is 265 g/mol. The number of aliphatic hydroxyl groups is 1. The third-order valence-corrected chi connectivity index (χ3v) is 2.85. The van der Waals surface area contributed by atoms with Gasteiger partial charge in [-0.2, -0.15) is 0 Å². The molecule has 0 aliphatic rings. The molecule has 0 aliphatic heterocycles. The zero-order chi connectivity index (χ0) is 14.3. The minimum atomic E-state index is -0.331. The van der Waals surface area contributed by atoms with Crippen molar-refractivity contribution in [2.75, 3.05) is 6.61 Å². The van der Waals surface area contributed by atoms with E-state index >= 15 is 0 Å². The maximum atomic E-state index is 12.9. The molecule has 0 radical (unpaired) electrons. The molecule has 1 unspecified atom stereocenters. The molecule has 3 nitrogen and oxygen atoms in total. The quantitative estimate of drug-likeness (QED) is 0.776. The minimum absolute atomic E-state index is 0.0384. The van der Waals surface area contributed by atoms with Crippen LogP contribution in [0.5, 0.6) is 0 Å². The molecule has 1 atom stereocenters. The SMILES string of the molecule is CC(C)C(CCO)NC(=O)/C=C/c1cccc(F)c1. The van der Waals surface area contributed by atoms with E-state index in [1.54, 1.807) is 18.2 Å². The summed E-state index contributed by atoms with van der Waals surface area (Å²) in [6.07, 6.45) is 3.47. The van der Waals surface area contributed by atoms with Crippen molar-refractivity contribution in [3.8, 4) is 0 Å². The molecule has 1 rings (SSSR count). The van der Waals surface area contributed by atoms with Gasteiger partial charge in [0.1, 0.15) is 5.82 Å². The molecular weight excluding hydrogens is 245 g/mol. The van der Waals surface area contributed by atoms with Crippen LogP contribution in [0.2, 0.25) is 0 Å². The van der Waals surface area contributed by atoms with Gasteiger partial charge in [-0.15, -0.1) is 0 Å². The second-order valence-corrected chi connectivity index (χ2v) is 4.76. The van der Waals surface area contributed by atoms with Crippen LogP contribution < -0.4 is 5.32 Å². The van der Waals surface area contributed by atoms with Crippen molar-refractivity contribution in [1.29, 1.82) is 0 Å². The lowest BCUT2D eigenvalue weighted by Crippen LogP contribution is -2.38. The van der Waals surface area contributed by atoms with Crippen molar-refractivity contribution in [2.45, 2.75) is 26.3 Å². The van der Waals surface area contributed by atoms with Crippen LogP contribution in [0.15, 0.2) is 30.3 Å². The Kier molecular flexibility index (Phi) is 6.22. The van der Waals surface area contributed by atoms with Crippen molar-refractivity contribution in [2.24, 2.45) is 5.92 Å². The molecular formula is C15H20FNO2. The van der Waals surface area contributed by atoms with E-state index in [1.807, 2.05) is 13.8 Å². The van der Waals surface area contributed by atoms with Crippen molar-refractivity contribution < 1.29 is 14.3 Å². The summed E-state index contributed by atoms with van der Waals surface area (Å²) in [5.74, 6) is -0.321. The topological polar surface area (TPSA) is 49.3 Å². The number of rotatable bonds is 6. The van der Waals surface area contributed by atoms with Gasteiger partial charge >= 0.3 is 0 Å². The minimum Gasteiger partial charge on any atom is -0.396 e. The van der Waals surface area contributed by atoms with Gasteiger partial charge < -0.3 is 10.4 Å². The Bertz CT molecular complexity index is 444. The number of carbonyl (C=O) groups is 1. The number of nitrogens with one attached hydrogen (secondary N) is 1. The van der Waals surface area contributed by atoms with Crippen LogP contribution in [0.25, 0.3) is 6.08 Å². The molecule has 0 bridgehead atoms. The molecule has 0 fully saturated rings. The largest absolute Gasteiger partial charge is 0.396 e. The first-order valence-corrected chi connectivity index (χ1v) is 6.38. The molecule has 0 heterocycles. The van der Waals surface area contributed by atoms with E-state index in [0.717, 1.165) is 0 Å². The summed E-state index contributed by atoms with van der Waals surface area (Å²) < 4.78 is 12.9. The predicted octanol–water partition coefficient (Wildman–Crippen LogP) is 2.36. The molecule has 0 spiro atoms. The summed E-state index contributed by atoms with van der Waals surface area (Å²) in [6, 6.07) is 5.97. The van der Waals surface area contributed by atoms with Gasteiger partial charge in [0.25, 0.3) is 0 Å². The third kappa shape index (κ3) is 5.66. The van der Waals surface area contributed by atoms with E-state index in [4.69, 9.17) is 5.11 Å². The maximum Gasteiger partial charge on any atom is 0.244 e. The van der Waals surface area contributed by atoms with Crippen LogP contribution in [0.4, 0.5) is 4.39 Å². The highest BCUT2D eigenvalue weighted by atomic mass is 19.1. The van der Waals surface area contributed by atoms with Crippen LogP contribution in [-0.2, 0) is 4.79 Å². The first kappa shape index (κ1) is 15.4. The number of amides is 1. The van der Waals surface area contributed by atoms with E-state index in [2.05, 4.69) is 5.32 Å². The zero-order valence-corrected chi connectivity index (χ0v) is 11.3. The number of benzene rings is 1. The van der Waals surface area contributed by atoms with Crippen molar-refractivity contribution in [3.63, 3.8) is 0 Å². The molecule has 0 aliphatic carbocycles. The standard InChI is InChI=1S/C15H20FNO2/c1-11(2)14(8-9-18)17-15(19)7-6-12-4-3-5-13(16)10-12/h3-7,10-11,14,18H,8-9H2,1-2H3,(H,17,19)/b7-6+. The third-order valence-electron chi connectivity index (χ3n) is 2.85. The average molecular weight is 265 g/mol. The van der Waals surface area contributed by atoms with Gasteiger partial charge in [0.05, 0.1) is 0 Å². The number of aliphatic hydroxyl groups excluding tert-OH is 1.